The highest BCUT2D eigenvalue weighted by atomic mass is 16.2. The monoisotopic (exact) mass is 300 g/mol. The number of carbonyl (C=O) groups excluding carboxylic acids is 1. The Morgan fingerprint density at radius 2 is 1.95 bits per heavy atom. The molecule has 0 atom stereocenters. The summed E-state index contributed by atoms with van der Waals surface area (Å²) in [5.41, 5.74) is 4.31. The first kappa shape index (κ1) is 16.1. The molecule has 22 heavy (non-hydrogen) atoms. The molecule has 5 heteroatoms. The molecule has 2 amide bonds. The van der Waals surface area contributed by atoms with E-state index in [2.05, 4.69) is 17.3 Å². The average molecular weight is 300 g/mol. The Morgan fingerprint density at radius 3 is 2.55 bits per heavy atom. The van der Waals surface area contributed by atoms with Crippen molar-refractivity contribution in [2.45, 2.75) is 40.4 Å². The molecule has 0 radical (unpaired) electrons. The predicted octanol–water partition coefficient (Wildman–Crippen LogP) is 2.86. The van der Waals surface area contributed by atoms with Crippen LogP contribution < -0.4 is 5.32 Å². The van der Waals surface area contributed by atoms with Crippen molar-refractivity contribution in [3.63, 3.8) is 0 Å². The molecule has 1 aromatic heterocycles. The maximum atomic E-state index is 12.2. The van der Waals surface area contributed by atoms with E-state index in [1.165, 1.54) is 0 Å². The minimum absolute atomic E-state index is 0.0769. The minimum Gasteiger partial charge on any atom is -0.334 e. The number of rotatable bonds is 5. The van der Waals surface area contributed by atoms with E-state index in [0.717, 1.165) is 29.1 Å². The molecule has 0 bridgehead atoms. The van der Waals surface area contributed by atoms with E-state index in [0.29, 0.717) is 13.1 Å². The van der Waals surface area contributed by atoms with Gasteiger partial charge in [0.2, 0.25) is 0 Å². The Kier molecular flexibility index (Phi) is 5.20. The Bertz CT molecular complexity index is 634. The number of benzene rings is 1. The van der Waals surface area contributed by atoms with Gasteiger partial charge < -0.3 is 10.2 Å². The van der Waals surface area contributed by atoms with Gasteiger partial charge in [-0.05, 0) is 26.3 Å². The molecular weight excluding hydrogens is 276 g/mol. The Morgan fingerprint density at radius 1 is 1.27 bits per heavy atom. The molecule has 1 aromatic carbocycles. The third-order valence-electron chi connectivity index (χ3n) is 3.86. The Balaban J connectivity index is 1.94. The molecule has 0 spiro atoms. The zero-order valence-electron chi connectivity index (χ0n) is 13.8. The first-order chi connectivity index (χ1) is 10.5. The van der Waals surface area contributed by atoms with Crippen LogP contribution in [-0.4, -0.2) is 27.8 Å². The summed E-state index contributed by atoms with van der Waals surface area (Å²) in [5, 5.41) is 7.44. The molecule has 0 unspecified atom stereocenters. The summed E-state index contributed by atoms with van der Waals surface area (Å²) in [4.78, 5) is 13.9. The predicted molar refractivity (Wildman–Crippen MR) is 87.5 cm³/mol. The van der Waals surface area contributed by atoms with Crippen molar-refractivity contribution in [2.75, 3.05) is 7.05 Å². The highest BCUT2D eigenvalue weighted by Gasteiger charge is 2.13. The SMILES string of the molecule is CCn1nc(C)c(CNC(=O)N(C)Cc2ccccc2)c1C. The molecule has 0 saturated heterocycles. The van der Waals surface area contributed by atoms with Gasteiger partial charge >= 0.3 is 6.03 Å². The van der Waals surface area contributed by atoms with Gasteiger partial charge in [-0.3, -0.25) is 4.68 Å². The fraction of sp³-hybridized carbons (Fsp3) is 0.412. The maximum Gasteiger partial charge on any atom is 0.317 e. The average Bonchev–Trinajstić information content (AvgIpc) is 2.80. The van der Waals surface area contributed by atoms with Crippen molar-refractivity contribution in [1.29, 1.82) is 0 Å². The van der Waals surface area contributed by atoms with Gasteiger partial charge in [-0.15, -0.1) is 0 Å². The molecular formula is C17H24N4O. The second-order valence-electron chi connectivity index (χ2n) is 5.47. The second kappa shape index (κ2) is 7.11. The molecule has 0 aliphatic rings. The number of carbonyl (C=O) groups is 1. The minimum atomic E-state index is -0.0769. The Hall–Kier alpha value is -2.30. The number of aryl methyl sites for hydroxylation is 2. The lowest BCUT2D eigenvalue weighted by Gasteiger charge is -2.18. The van der Waals surface area contributed by atoms with Crippen LogP contribution in [0.1, 0.15) is 29.4 Å². The lowest BCUT2D eigenvalue weighted by atomic mass is 10.2. The number of hydrogen-bond acceptors (Lipinski definition) is 2. The molecule has 2 aromatic rings. The van der Waals surface area contributed by atoms with Crippen LogP contribution in [0, 0.1) is 13.8 Å². The van der Waals surface area contributed by atoms with E-state index in [1.807, 2.05) is 48.9 Å². The second-order valence-corrected chi connectivity index (χ2v) is 5.47. The van der Waals surface area contributed by atoms with Crippen LogP contribution in [0.25, 0.3) is 0 Å². The molecule has 118 valence electrons. The number of nitrogens with zero attached hydrogens (tertiary/aromatic N) is 3. The van der Waals surface area contributed by atoms with Crippen LogP contribution in [0.2, 0.25) is 0 Å². The van der Waals surface area contributed by atoms with Gasteiger partial charge in [0, 0.05) is 37.9 Å². The lowest BCUT2D eigenvalue weighted by Crippen LogP contribution is -2.36. The van der Waals surface area contributed by atoms with Crippen molar-refractivity contribution < 1.29 is 4.79 Å². The van der Waals surface area contributed by atoms with E-state index in [1.54, 1.807) is 11.9 Å². The summed E-state index contributed by atoms with van der Waals surface area (Å²) in [6.45, 7) is 8.03. The molecule has 2 rings (SSSR count). The summed E-state index contributed by atoms with van der Waals surface area (Å²) in [6.07, 6.45) is 0. The van der Waals surface area contributed by atoms with Crippen LogP contribution >= 0.6 is 0 Å². The summed E-state index contributed by atoms with van der Waals surface area (Å²) in [7, 11) is 1.80. The van der Waals surface area contributed by atoms with E-state index in [-0.39, 0.29) is 6.03 Å². The van der Waals surface area contributed by atoms with Crippen LogP contribution in [0.15, 0.2) is 30.3 Å². The van der Waals surface area contributed by atoms with E-state index < -0.39 is 0 Å². The molecule has 0 aliphatic carbocycles. The Labute approximate surface area is 131 Å². The van der Waals surface area contributed by atoms with Crippen molar-refractivity contribution in [3.05, 3.63) is 52.8 Å². The van der Waals surface area contributed by atoms with Crippen LogP contribution in [0.4, 0.5) is 4.79 Å². The summed E-state index contributed by atoms with van der Waals surface area (Å²) >= 11 is 0. The number of aromatic nitrogens is 2. The van der Waals surface area contributed by atoms with Crippen LogP contribution in [0.5, 0.6) is 0 Å². The first-order valence-corrected chi connectivity index (χ1v) is 7.58. The normalized spacial score (nSPS) is 10.5. The number of nitrogens with one attached hydrogen (secondary N) is 1. The standard InChI is InChI=1S/C17H24N4O/c1-5-21-14(3)16(13(2)19-21)11-18-17(22)20(4)12-15-9-7-6-8-10-15/h6-10H,5,11-12H2,1-4H3,(H,18,22). The summed E-state index contributed by atoms with van der Waals surface area (Å²) in [5.74, 6) is 0. The third kappa shape index (κ3) is 3.67. The maximum absolute atomic E-state index is 12.2. The molecule has 1 N–H and O–H groups in total. The number of amides is 2. The summed E-state index contributed by atoms with van der Waals surface area (Å²) in [6, 6.07) is 9.89. The molecule has 0 aliphatic heterocycles. The fourth-order valence-electron chi connectivity index (χ4n) is 2.53. The van der Waals surface area contributed by atoms with Gasteiger partial charge in [0.1, 0.15) is 0 Å². The van der Waals surface area contributed by atoms with E-state index in [4.69, 9.17) is 0 Å². The lowest BCUT2D eigenvalue weighted by molar-refractivity contribution is 0.206. The van der Waals surface area contributed by atoms with Gasteiger partial charge in [0.25, 0.3) is 0 Å². The molecule has 0 saturated carbocycles. The van der Waals surface area contributed by atoms with Gasteiger partial charge in [-0.25, -0.2) is 4.79 Å². The molecule has 1 heterocycles. The van der Waals surface area contributed by atoms with Gasteiger partial charge in [0.05, 0.1) is 5.69 Å². The van der Waals surface area contributed by atoms with E-state index >= 15 is 0 Å². The highest BCUT2D eigenvalue weighted by Crippen LogP contribution is 2.12. The third-order valence-corrected chi connectivity index (χ3v) is 3.86. The number of hydrogen-bond donors (Lipinski definition) is 1. The smallest absolute Gasteiger partial charge is 0.317 e. The number of urea groups is 1. The molecule has 0 fully saturated rings. The van der Waals surface area contributed by atoms with Crippen molar-refractivity contribution in [3.8, 4) is 0 Å². The zero-order valence-corrected chi connectivity index (χ0v) is 13.8. The highest BCUT2D eigenvalue weighted by molar-refractivity contribution is 5.73. The van der Waals surface area contributed by atoms with Gasteiger partial charge in [-0.1, -0.05) is 30.3 Å². The van der Waals surface area contributed by atoms with Crippen molar-refractivity contribution in [2.24, 2.45) is 0 Å². The van der Waals surface area contributed by atoms with Gasteiger partial charge in [0.15, 0.2) is 0 Å². The van der Waals surface area contributed by atoms with Crippen molar-refractivity contribution >= 4 is 6.03 Å². The van der Waals surface area contributed by atoms with E-state index in [9.17, 15) is 4.79 Å². The summed E-state index contributed by atoms with van der Waals surface area (Å²) < 4.78 is 1.96. The first-order valence-electron chi connectivity index (χ1n) is 7.58. The topological polar surface area (TPSA) is 50.2 Å². The molecule has 5 nitrogen and oxygen atoms in total. The van der Waals surface area contributed by atoms with Crippen LogP contribution in [-0.2, 0) is 19.6 Å². The van der Waals surface area contributed by atoms with Crippen LogP contribution in [0.3, 0.4) is 0 Å². The van der Waals surface area contributed by atoms with Crippen molar-refractivity contribution in [1.82, 2.24) is 20.0 Å². The largest absolute Gasteiger partial charge is 0.334 e. The van der Waals surface area contributed by atoms with Gasteiger partial charge in [-0.2, -0.15) is 5.10 Å². The quantitative estimate of drug-likeness (QED) is 0.923. The zero-order chi connectivity index (χ0) is 16.1. The fourth-order valence-corrected chi connectivity index (χ4v) is 2.53.